The van der Waals surface area contributed by atoms with Crippen LogP contribution in [-0.2, 0) is 30.5 Å². The number of nitrogens with zero attached hydrogens (tertiary/aromatic N) is 1. The zero-order chi connectivity index (χ0) is 24.2. The first-order valence-electron chi connectivity index (χ1n) is 9.86. The second-order valence-corrected chi connectivity index (χ2v) is 9.33. The average molecular weight is 488 g/mol. The maximum Gasteiger partial charge on any atom is 0.416 e. The molecule has 1 aliphatic heterocycles. The van der Waals surface area contributed by atoms with E-state index in [1.807, 2.05) is 0 Å². The molecule has 0 radical (unpaired) electrons. The van der Waals surface area contributed by atoms with Crippen molar-refractivity contribution in [2.75, 3.05) is 25.0 Å². The van der Waals surface area contributed by atoms with E-state index in [-0.39, 0.29) is 23.7 Å². The maximum absolute atomic E-state index is 13.1. The Balaban J connectivity index is 1.56. The number of piperidine rings is 1. The van der Waals surface area contributed by atoms with Gasteiger partial charge in [-0.3, -0.25) is 9.59 Å². The van der Waals surface area contributed by atoms with E-state index in [1.54, 1.807) is 0 Å². The number of amides is 1. The molecule has 1 atom stereocenters. The van der Waals surface area contributed by atoms with Gasteiger partial charge in [0.25, 0.3) is 5.91 Å². The van der Waals surface area contributed by atoms with Gasteiger partial charge in [0.05, 0.1) is 16.4 Å². The van der Waals surface area contributed by atoms with E-state index >= 15 is 0 Å². The van der Waals surface area contributed by atoms with Gasteiger partial charge in [0.1, 0.15) is 5.82 Å². The monoisotopic (exact) mass is 488 g/mol. The van der Waals surface area contributed by atoms with Gasteiger partial charge in [-0.1, -0.05) is 6.07 Å². The fraction of sp³-hybridized carbons (Fsp3) is 0.333. The minimum absolute atomic E-state index is 0.111. The molecule has 2 aromatic rings. The van der Waals surface area contributed by atoms with Crippen LogP contribution in [0.5, 0.6) is 0 Å². The summed E-state index contributed by atoms with van der Waals surface area (Å²) >= 11 is 0. The Morgan fingerprint density at radius 1 is 1.12 bits per heavy atom. The van der Waals surface area contributed by atoms with Crippen LogP contribution < -0.4 is 5.32 Å². The van der Waals surface area contributed by atoms with Gasteiger partial charge in [0.2, 0.25) is 10.0 Å². The van der Waals surface area contributed by atoms with Gasteiger partial charge in [-0.05, 0) is 55.3 Å². The Bertz CT molecular complexity index is 1120. The number of nitrogens with one attached hydrogen (secondary N) is 1. The molecule has 12 heteroatoms. The summed E-state index contributed by atoms with van der Waals surface area (Å²) in [6, 6.07) is 8.28. The molecule has 178 valence electrons. The number of alkyl halides is 3. The van der Waals surface area contributed by atoms with Crippen molar-refractivity contribution >= 4 is 27.6 Å². The lowest BCUT2D eigenvalue weighted by molar-refractivity contribution is -0.152. The van der Waals surface area contributed by atoms with E-state index in [9.17, 15) is 35.6 Å². The third-order valence-corrected chi connectivity index (χ3v) is 6.87. The summed E-state index contributed by atoms with van der Waals surface area (Å²) in [5, 5.41) is 2.22. The molecule has 0 spiro atoms. The van der Waals surface area contributed by atoms with Gasteiger partial charge in [0, 0.05) is 18.8 Å². The van der Waals surface area contributed by atoms with Crippen molar-refractivity contribution in [1.29, 1.82) is 0 Å². The lowest BCUT2D eigenvalue weighted by Gasteiger charge is -2.30. The van der Waals surface area contributed by atoms with Crippen molar-refractivity contribution in [2.24, 2.45) is 5.92 Å². The van der Waals surface area contributed by atoms with Gasteiger partial charge < -0.3 is 10.1 Å². The van der Waals surface area contributed by atoms with Crippen LogP contribution in [0.3, 0.4) is 0 Å². The lowest BCUT2D eigenvalue weighted by Crippen LogP contribution is -2.43. The van der Waals surface area contributed by atoms with Crippen molar-refractivity contribution in [2.45, 2.75) is 23.9 Å². The number of anilines is 1. The molecule has 1 saturated heterocycles. The molecule has 33 heavy (non-hydrogen) atoms. The SMILES string of the molecule is O=C(COC(=O)C1CCCN(S(=O)(=O)c2ccc(F)cc2)C1)Nc1cccc(C(F)(F)F)c1. The summed E-state index contributed by atoms with van der Waals surface area (Å²) in [5.41, 5.74) is -1.05. The van der Waals surface area contributed by atoms with Crippen LogP contribution in [0.15, 0.2) is 53.4 Å². The van der Waals surface area contributed by atoms with Gasteiger partial charge in [-0.25, -0.2) is 12.8 Å². The van der Waals surface area contributed by atoms with E-state index in [2.05, 4.69) is 5.32 Å². The Morgan fingerprint density at radius 3 is 2.48 bits per heavy atom. The molecule has 3 rings (SSSR count). The molecule has 7 nitrogen and oxygen atoms in total. The molecule has 1 aliphatic rings. The zero-order valence-electron chi connectivity index (χ0n) is 17.1. The number of halogens is 4. The fourth-order valence-corrected chi connectivity index (χ4v) is 4.86. The fourth-order valence-electron chi connectivity index (χ4n) is 3.33. The highest BCUT2D eigenvalue weighted by Gasteiger charge is 2.34. The third-order valence-electron chi connectivity index (χ3n) is 4.99. The van der Waals surface area contributed by atoms with E-state index in [4.69, 9.17) is 4.74 Å². The Labute approximate surface area is 187 Å². The standard InChI is InChI=1S/C21H20F4N2O5S/c22-16-6-8-18(9-7-16)33(30,31)27-10-2-3-14(12-27)20(29)32-13-19(28)26-17-5-1-4-15(11-17)21(23,24)25/h1,4-9,11,14H,2-3,10,12-13H2,(H,26,28). The van der Waals surface area contributed by atoms with E-state index in [1.165, 1.54) is 6.07 Å². The van der Waals surface area contributed by atoms with Gasteiger partial charge in [0.15, 0.2) is 6.61 Å². The van der Waals surface area contributed by atoms with Gasteiger partial charge >= 0.3 is 12.1 Å². The quantitative estimate of drug-likeness (QED) is 0.497. The molecule has 1 fully saturated rings. The van der Waals surface area contributed by atoms with Crippen LogP contribution in [0.4, 0.5) is 23.2 Å². The van der Waals surface area contributed by atoms with Crippen LogP contribution in [0.1, 0.15) is 18.4 Å². The highest BCUT2D eigenvalue weighted by atomic mass is 32.2. The molecule has 1 amide bonds. The predicted molar refractivity (Wildman–Crippen MR) is 109 cm³/mol. The van der Waals surface area contributed by atoms with Crippen molar-refractivity contribution in [3.63, 3.8) is 0 Å². The van der Waals surface area contributed by atoms with Crippen LogP contribution in [0, 0.1) is 11.7 Å². The van der Waals surface area contributed by atoms with Crippen molar-refractivity contribution in [1.82, 2.24) is 4.31 Å². The molecular formula is C21H20F4N2O5S. The highest BCUT2D eigenvalue weighted by molar-refractivity contribution is 7.89. The predicted octanol–water partition coefficient (Wildman–Crippen LogP) is 3.43. The second kappa shape index (κ2) is 9.87. The number of hydrogen-bond acceptors (Lipinski definition) is 5. The molecule has 1 unspecified atom stereocenters. The van der Waals surface area contributed by atoms with Crippen LogP contribution in [-0.4, -0.2) is 44.3 Å². The van der Waals surface area contributed by atoms with E-state index in [0.717, 1.165) is 46.8 Å². The van der Waals surface area contributed by atoms with Gasteiger partial charge in [-0.2, -0.15) is 17.5 Å². The second-order valence-electron chi connectivity index (χ2n) is 7.39. The number of esters is 1. The summed E-state index contributed by atoms with van der Waals surface area (Å²) in [6.45, 7) is -0.746. The Kier molecular flexibility index (Phi) is 7.38. The summed E-state index contributed by atoms with van der Waals surface area (Å²) in [5.74, 6) is -3.05. The van der Waals surface area contributed by atoms with Crippen molar-refractivity contribution < 1.29 is 40.3 Å². The minimum Gasteiger partial charge on any atom is -0.455 e. The molecule has 2 aromatic carbocycles. The average Bonchev–Trinajstić information content (AvgIpc) is 2.77. The normalized spacial score (nSPS) is 17.4. The first-order valence-corrected chi connectivity index (χ1v) is 11.3. The molecule has 1 heterocycles. The number of carbonyl (C=O) groups excluding carboxylic acids is 2. The van der Waals surface area contributed by atoms with Crippen molar-refractivity contribution in [3.8, 4) is 0 Å². The highest BCUT2D eigenvalue weighted by Crippen LogP contribution is 2.30. The molecular weight excluding hydrogens is 468 g/mol. The smallest absolute Gasteiger partial charge is 0.416 e. The first-order chi connectivity index (χ1) is 15.5. The molecule has 0 bridgehead atoms. The number of rotatable bonds is 6. The third kappa shape index (κ3) is 6.29. The lowest BCUT2D eigenvalue weighted by atomic mass is 10.00. The Morgan fingerprint density at radius 2 is 1.82 bits per heavy atom. The van der Waals surface area contributed by atoms with E-state index < -0.39 is 52.0 Å². The topological polar surface area (TPSA) is 92.8 Å². The molecule has 0 aliphatic carbocycles. The number of benzene rings is 2. The molecule has 0 saturated carbocycles. The van der Waals surface area contributed by atoms with Crippen LogP contribution in [0.2, 0.25) is 0 Å². The molecule has 0 aromatic heterocycles. The number of carbonyl (C=O) groups is 2. The van der Waals surface area contributed by atoms with Gasteiger partial charge in [-0.15, -0.1) is 0 Å². The molecule has 1 N–H and O–H groups in total. The van der Waals surface area contributed by atoms with Crippen LogP contribution >= 0.6 is 0 Å². The number of sulfonamides is 1. The number of hydrogen-bond donors (Lipinski definition) is 1. The summed E-state index contributed by atoms with van der Waals surface area (Å²) in [4.78, 5) is 24.2. The van der Waals surface area contributed by atoms with Crippen molar-refractivity contribution in [3.05, 3.63) is 59.9 Å². The minimum atomic E-state index is -4.58. The number of ether oxygens (including phenoxy) is 1. The van der Waals surface area contributed by atoms with E-state index in [0.29, 0.717) is 12.8 Å². The summed E-state index contributed by atoms with van der Waals surface area (Å²) in [6.07, 6.45) is -3.87. The largest absolute Gasteiger partial charge is 0.455 e. The Hall–Kier alpha value is -2.99. The van der Waals surface area contributed by atoms with Crippen LogP contribution in [0.25, 0.3) is 0 Å². The summed E-state index contributed by atoms with van der Waals surface area (Å²) in [7, 11) is -3.95. The summed E-state index contributed by atoms with van der Waals surface area (Å²) < 4.78 is 82.9. The zero-order valence-corrected chi connectivity index (χ0v) is 18.0. The first kappa shape index (κ1) is 24.6. The maximum atomic E-state index is 13.1.